The van der Waals surface area contributed by atoms with Crippen molar-refractivity contribution in [2.75, 3.05) is 0 Å². The lowest BCUT2D eigenvalue weighted by Gasteiger charge is -2.24. The monoisotopic (exact) mass is 307 g/mol. The molecule has 116 valence electrons. The summed E-state index contributed by atoms with van der Waals surface area (Å²) < 4.78 is 0. The molecule has 0 saturated carbocycles. The van der Waals surface area contributed by atoms with E-state index in [1.165, 1.54) is 0 Å². The van der Waals surface area contributed by atoms with E-state index < -0.39 is 5.91 Å². The second kappa shape index (κ2) is 6.44. The smallest absolute Gasteiger partial charge is 0.269 e. The number of rotatable bonds is 5. The van der Waals surface area contributed by atoms with E-state index in [-0.39, 0.29) is 17.5 Å². The van der Waals surface area contributed by atoms with Crippen LogP contribution < -0.4 is 11.2 Å². The molecule has 0 saturated heterocycles. The summed E-state index contributed by atoms with van der Waals surface area (Å²) in [4.78, 5) is 23.7. The van der Waals surface area contributed by atoms with Crippen LogP contribution >= 0.6 is 0 Å². The van der Waals surface area contributed by atoms with Crippen LogP contribution in [-0.2, 0) is 4.79 Å². The number of nitrogens with one attached hydrogen (secondary N) is 1. The molecule has 5 nitrogen and oxygen atoms in total. The molecule has 0 aromatic heterocycles. The quantitative estimate of drug-likeness (QED) is 0.830. The van der Waals surface area contributed by atoms with Crippen LogP contribution in [0.15, 0.2) is 59.7 Å². The molecule has 1 heterocycles. The van der Waals surface area contributed by atoms with Gasteiger partial charge in [-0.05, 0) is 12.0 Å². The van der Waals surface area contributed by atoms with Gasteiger partial charge in [0.15, 0.2) is 11.5 Å². The Kier molecular flexibility index (Phi) is 4.19. The lowest BCUT2D eigenvalue weighted by molar-refractivity contribution is -0.112. The molecule has 0 aliphatic carbocycles. The highest BCUT2D eigenvalue weighted by Gasteiger charge is 2.25. The first-order valence-corrected chi connectivity index (χ1v) is 7.47. The molecule has 0 radical (unpaired) electrons. The molecular formula is C18H17N3O2. The lowest BCUT2D eigenvalue weighted by Crippen LogP contribution is -2.34. The fourth-order valence-corrected chi connectivity index (χ4v) is 2.74. The lowest BCUT2D eigenvalue weighted by atomic mass is 9.92. The number of nitrogens with two attached hydrogens (primary N) is 1. The van der Waals surface area contributed by atoms with Gasteiger partial charge in [-0.2, -0.15) is 5.10 Å². The first-order chi connectivity index (χ1) is 11.2. The topological polar surface area (TPSA) is 84.6 Å². The van der Waals surface area contributed by atoms with E-state index in [9.17, 15) is 9.59 Å². The molecule has 3 rings (SSSR count). The number of hydrogen-bond donors (Lipinski definition) is 2. The van der Waals surface area contributed by atoms with Crippen LogP contribution in [0.2, 0.25) is 0 Å². The molecule has 0 bridgehead atoms. The number of amides is 1. The number of primary amides is 1. The van der Waals surface area contributed by atoms with E-state index in [1.54, 1.807) is 0 Å². The summed E-state index contributed by atoms with van der Waals surface area (Å²) in [6.07, 6.45) is 0.998. The van der Waals surface area contributed by atoms with Crippen molar-refractivity contribution >= 4 is 17.4 Å². The fraction of sp³-hybridized carbons (Fsp3) is 0.167. The number of benzene rings is 2. The first-order valence-electron chi connectivity index (χ1n) is 7.47. The maximum atomic E-state index is 12.2. The second-order valence-corrected chi connectivity index (χ2v) is 5.42. The van der Waals surface area contributed by atoms with E-state index in [0.717, 1.165) is 11.1 Å². The van der Waals surface area contributed by atoms with Crippen LogP contribution in [0.4, 0.5) is 0 Å². The highest BCUT2D eigenvalue weighted by molar-refractivity contribution is 6.45. The number of carbonyl (C=O) groups is 2. The molecule has 1 atom stereocenters. The van der Waals surface area contributed by atoms with Crippen molar-refractivity contribution in [1.29, 1.82) is 0 Å². The maximum absolute atomic E-state index is 12.2. The molecule has 2 aromatic rings. The zero-order valence-corrected chi connectivity index (χ0v) is 12.5. The van der Waals surface area contributed by atoms with E-state index >= 15 is 0 Å². The van der Waals surface area contributed by atoms with Crippen LogP contribution in [0.5, 0.6) is 0 Å². The molecular weight excluding hydrogens is 290 g/mol. The van der Waals surface area contributed by atoms with Crippen LogP contribution in [0.3, 0.4) is 0 Å². The van der Waals surface area contributed by atoms with Gasteiger partial charge in [0.05, 0.1) is 6.04 Å². The van der Waals surface area contributed by atoms with Gasteiger partial charge in [-0.1, -0.05) is 54.6 Å². The van der Waals surface area contributed by atoms with Gasteiger partial charge in [-0.15, -0.1) is 0 Å². The Morgan fingerprint density at radius 1 is 1.04 bits per heavy atom. The minimum Gasteiger partial charge on any atom is -0.364 e. The van der Waals surface area contributed by atoms with E-state index in [2.05, 4.69) is 10.5 Å². The second-order valence-electron chi connectivity index (χ2n) is 5.42. The van der Waals surface area contributed by atoms with Crippen molar-refractivity contribution in [1.82, 2.24) is 5.43 Å². The van der Waals surface area contributed by atoms with E-state index in [4.69, 9.17) is 5.73 Å². The van der Waals surface area contributed by atoms with Crippen molar-refractivity contribution in [3.63, 3.8) is 0 Å². The molecule has 23 heavy (non-hydrogen) atoms. The highest BCUT2D eigenvalue weighted by Crippen LogP contribution is 2.27. The molecule has 1 unspecified atom stereocenters. The van der Waals surface area contributed by atoms with Gasteiger partial charge in [-0.25, -0.2) is 0 Å². The van der Waals surface area contributed by atoms with E-state index in [1.807, 2.05) is 54.6 Å². The number of carbonyl (C=O) groups excluding carboxylic acids is 2. The molecule has 1 amide bonds. The zero-order valence-electron chi connectivity index (χ0n) is 12.5. The third kappa shape index (κ3) is 3.13. The average molecular weight is 307 g/mol. The number of nitrogens with zero attached hydrogens (tertiary/aromatic N) is 1. The first kappa shape index (κ1) is 15.0. The minimum atomic E-state index is -0.566. The maximum Gasteiger partial charge on any atom is 0.269 e. The molecule has 1 aliphatic rings. The Labute approximate surface area is 134 Å². The van der Waals surface area contributed by atoms with Gasteiger partial charge < -0.3 is 11.2 Å². The molecule has 2 aromatic carbocycles. The largest absolute Gasteiger partial charge is 0.364 e. The van der Waals surface area contributed by atoms with E-state index in [0.29, 0.717) is 18.4 Å². The van der Waals surface area contributed by atoms with Gasteiger partial charge in [-0.3, -0.25) is 9.59 Å². The number of hydrazone groups is 1. The Morgan fingerprint density at radius 3 is 2.48 bits per heavy atom. The van der Waals surface area contributed by atoms with Gasteiger partial charge >= 0.3 is 0 Å². The van der Waals surface area contributed by atoms with Crippen LogP contribution in [0.1, 0.15) is 40.4 Å². The standard InChI is InChI=1S/C18H17N3O2/c19-18(23)17-14-9-5-4-8-13(14)15(20-21-17)10-11-16(22)12-6-2-1-3-7-12/h1-9,15,20H,10-11H2,(H2,19,23). The number of ketones is 1. The summed E-state index contributed by atoms with van der Waals surface area (Å²) in [5.41, 5.74) is 10.9. The summed E-state index contributed by atoms with van der Waals surface area (Å²) in [5, 5.41) is 4.08. The van der Waals surface area contributed by atoms with Crippen LogP contribution in [0, 0.1) is 0 Å². The molecule has 3 N–H and O–H groups in total. The van der Waals surface area contributed by atoms with Crippen LogP contribution in [0.25, 0.3) is 0 Å². The number of Topliss-reactive ketones (excluding diaryl/α,β-unsaturated/α-hetero) is 1. The fourth-order valence-electron chi connectivity index (χ4n) is 2.74. The summed E-state index contributed by atoms with van der Waals surface area (Å²) in [6.45, 7) is 0. The Bertz CT molecular complexity index is 769. The van der Waals surface area contributed by atoms with Crippen molar-refractivity contribution in [3.05, 3.63) is 71.3 Å². The molecule has 5 heteroatoms. The summed E-state index contributed by atoms with van der Waals surface area (Å²) in [5.74, 6) is -0.474. The predicted molar refractivity (Wildman–Crippen MR) is 88.1 cm³/mol. The average Bonchev–Trinajstić information content (AvgIpc) is 2.59. The molecule has 0 spiro atoms. The van der Waals surface area contributed by atoms with Gasteiger partial charge in [0.2, 0.25) is 0 Å². The predicted octanol–water partition coefficient (Wildman–Crippen LogP) is 2.18. The van der Waals surface area contributed by atoms with Crippen LogP contribution in [-0.4, -0.2) is 17.4 Å². The van der Waals surface area contributed by atoms with Gasteiger partial charge in [0, 0.05) is 17.5 Å². The van der Waals surface area contributed by atoms with Crippen molar-refractivity contribution in [2.24, 2.45) is 10.8 Å². The highest BCUT2D eigenvalue weighted by atomic mass is 16.1. The number of fused-ring (bicyclic) bond motifs is 1. The summed E-state index contributed by atoms with van der Waals surface area (Å²) >= 11 is 0. The number of hydrogen-bond acceptors (Lipinski definition) is 4. The van der Waals surface area contributed by atoms with Gasteiger partial charge in [0.25, 0.3) is 5.91 Å². The zero-order chi connectivity index (χ0) is 16.2. The van der Waals surface area contributed by atoms with Crippen molar-refractivity contribution in [2.45, 2.75) is 18.9 Å². The normalized spacial score (nSPS) is 16.0. The third-order valence-corrected chi connectivity index (χ3v) is 3.91. The minimum absolute atomic E-state index is 0.0922. The summed E-state index contributed by atoms with van der Waals surface area (Å²) in [6, 6.07) is 16.6. The Morgan fingerprint density at radius 2 is 1.74 bits per heavy atom. The molecule has 0 fully saturated rings. The Hall–Kier alpha value is -2.95. The van der Waals surface area contributed by atoms with Crippen molar-refractivity contribution < 1.29 is 9.59 Å². The van der Waals surface area contributed by atoms with Crippen molar-refractivity contribution in [3.8, 4) is 0 Å². The summed E-state index contributed by atoms with van der Waals surface area (Å²) in [7, 11) is 0. The molecule has 1 aliphatic heterocycles. The Balaban J connectivity index is 1.75. The van der Waals surface area contributed by atoms with Gasteiger partial charge in [0.1, 0.15) is 0 Å². The third-order valence-electron chi connectivity index (χ3n) is 3.91. The SMILES string of the molecule is NC(=O)C1=NNC(CCC(=O)c2ccccc2)c2ccccc21.